The fourth-order valence-corrected chi connectivity index (χ4v) is 2.96. The fraction of sp³-hybridized carbons (Fsp3) is 0.333. The van der Waals surface area contributed by atoms with Crippen molar-refractivity contribution in [2.75, 3.05) is 11.5 Å². The van der Waals surface area contributed by atoms with E-state index in [1.54, 1.807) is 0 Å². The molecule has 0 amide bonds. The maximum atomic E-state index is 6.23. The summed E-state index contributed by atoms with van der Waals surface area (Å²) >= 11 is 0. The fourth-order valence-electron chi connectivity index (χ4n) is 2.96. The molecule has 2 rings (SSSR count). The summed E-state index contributed by atoms with van der Waals surface area (Å²) in [6, 6.07) is 12.4. The van der Waals surface area contributed by atoms with Crippen LogP contribution in [0.2, 0.25) is 0 Å². The van der Waals surface area contributed by atoms with Gasteiger partial charge in [-0.05, 0) is 53.3 Å². The van der Waals surface area contributed by atoms with Crippen LogP contribution in [0.25, 0.3) is 0 Å². The van der Waals surface area contributed by atoms with Gasteiger partial charge in [-0.15, -0.1) is 0 Å². The van der Waals surface area contributed by atoms with Crippen molar-refractivity contribution in [2.24, 2.45) is 0 Å². The Labute approximate surface area is 121 Å². The van der Waals surface area contributed by atoms with Crippen LogP contribution < -0.4 is 11.5 Å². The quantitative estimate of drug-likeness (QED) is 0.819. The van der Waals surface area contributed by atoms with E-state index in [9.17, 15) is 0 Å². The summed E-state index contributed by atoms with van der Waals surface area (Å²) in [5.74, 6) is 0.268. The molecule has 0 aliphatic rings. The van der Waals surface area contributed by atoms with Crippen LogP contribution in [0.5, 0.6) is 0 Å². The second-order valence-electron chi connectivity index (χ2n) is 5.31. The summed E-state index contributed by atoms with van der Waals surface area (Å²) in [4.78, 5) is 0. The van der Waals surface area contributed by atoms with E-state index in [0.29, 0.717) is 0 Å². The summed E-state index contributed by atoms with van der Waals surface area (Å²) in [6.45, 7) is 6.57. The Morgan fingerprint density at radius 3 is 2.30 bits per heavy atom. The molecule has 0 bridgehead atoms. The zero-order valence-corrected chi connectivity index (χ0v) is 12.6. The number of aryl methyl sites for hydroxylation is 2. The molecule has 2 aromatic carbocycles. The molecular weight excluding hydrogens is 244 g/mol. The van der Waals surface area contributed by atoms with Gasteiger partial charge in [0.15, 0.2) is 0 Å². The Hall–Kier alpha value is -1.96. The lowest BCUT2D eigenvalue weighted by Crippen LogP contribution is -2.08. The average Bonchev–Trinajstić information content (AvgIpc) is 2.46. The third-order valence-electron chi connectivity index (χ3n) is 4.06. The van der Waals surface area contributed by atoms with Gasteiger partial charge in [-0.2, -0.15) is 0 Å². The van der Waals surface area contributed by atoms with Gasteiger partial charge in [0, 0.05) is 17.3 Å². The number of benzene rings is 2. The van der Waals surface area contributed by atoms with Crippen molar-refractivity contribution in [3.8, 4) is 0 Å². The molecule has 0 radical (unpaired) electrons. The van der Waals surface area contributed by atoms with Gasteiger partial charge < -0.3 is 11.5 Å². The number of hydrogen-bond donors (Lipinski definition) is 2. The van der Waals surface area contributed by atoms with Crippen LogP contribution in [0.1, 0.15) is 48.9 Å². The molecule has 1 atom stereocenters. The van der Waals surface area contributed by atoms with Gasteiger partial charge in [-0.3, -0.25) is 0 Å². The Balaban J connectivity index is 2.57. The summed E-state index contributed by atoms with van der Waals surface area (Å²) in [7, 11) is 0. The van der Waals surface area contributed by atoms with Crippen LogP contribution in [0.3, 0.4) is 0 Å². The van der Waals surface area contributed by atoms with E-state index in [1.807, 2.05) is 18.2 Å². The topological polar surface area (TPSA) is 52.0 Å². The first-order chi connectivity index (χ1) is 9.58. The molecule has 0 saturated carbocycles. The van der Waals surface area contributed by atoms with Crippen LogP contribution in [0.15, 0.2) is 36.4 Å². The van der Waals surface area contributed by atoms with Crippen molar-refractivity contribution >= 4 is 11.4 Å². The molecule has 0 aromatic heterocycles. The van der Waals surface area contributed by atoms with Crippen LogP contribution >= 0.6 is 0 Å². The molecule has 0 aliphatic carbocycles. The summed E-state index contributed by atoms with van der Waals surface area (Å²) in [5, 5.41) is 0. The second-order valence-corrected chi connectivity index (χ2v) is 5.31. The van der Waals surface area contributed by atoms with Crippen molar-refractivity contribution in [3.05, 3.63) is 58.7 Å². The van der Waals surface area contributed by atoms with E-state index in [1.165, 1.54) is 22.3 Å². The summed E-state index contributed by atoms with van der Waals surface area (Å²) in [5.41, 5.74) is 19.1. The van der Waals surface area contributed by atoms with Crippen molar-refractivity contribution in [1.82, 2.24) is 0 Å². The number of nitrogen functional groups attached to an aromatic ring is 2. The molecule has 106 valence electrons. The van der Waals surface area contributed by atoms with Crippen molar-refractivity contribution in [1.29, 1.82) is 0 Å². The lowest BCUT2D eigenvalue weighted by atomic mass is 9.84. The van der Waals surface area contributed by atoms with Gasteiger partial charge in [0.2, 0.25) is 0 Å². The molecule has 0 heterocycles. The minimum absolute atomic E-state index is 0.268. The summed E-state index contributed by atoms with van der Waals surface area (Å²) in [6.07, 6.45) is 2.00. The standard InChI is InChI=1S/C18H24N2/c1-4-13-9-10-15(19)11-16(13)12(3)18-14(5-2)7-6-8-17(18)20/h6-12H,4-5,19-20H2,1-3H3. The largest absolute Gasteiger partial charge is 0.399 e. The first-order valence-corrected chi connectivity index (χ1v) is 7.34. The zero-order chi connectivity index (χ0) is 14.7. The van der Waals surface area contributed by atoms with Crippen LogP contribution in [0.4, 0.5) is 11.4 Å². The molecular formula is C18H24N2. The average molecular weight is 268 g/mol. The lowest BCUT2D eigenvalue weighted by molar-refractivity contribution is 0.874. The van der Waals surface area contributed by atoms with Gasteiger partial charge in [-0.25, -0.2) is 0 Å². The molecule has 0 saturated heterocycles. The maximum absolute atomic E-state index is 6.23. The van der Waals surface area contributed by atoms with E-state index in [0.717, 1.165) is 24.2 Å². The van der Waals surface area contributed by atoms with Crippen molar-refractivity contribution in [2.45, 2.75) is 39.5 Å². The molecule has 2 aromatic rings. The molecule has 0 fully saturated rings. The highest BCUT2D eigenvalue weighted by molar-refractivity contribution is 5.58. The number of rotatable bonds is 4. The van der Waals surface area contributed by atoms with Gasteiger partial charge in [-0.1, -0.05) is 39.0 Å². The highest BCUT2D eigenvalue weighted by atomic mass is 14.6. The first kappa shape index (κ1) is 14.4. The minimum Gasteiger partial charge on any atom is -0.399 e. The predicted molar refractivity (Wildman–Crippen MR) is 88.0 cm³/mol. The van der Waals surface area contributed by atoms with Crippen molar-refractivity contribution < 1.29 is 0 Å². The van der Waals surface area contributed by atoms with Gasteiger partial charge in [0.1, 0.15) is 0 Å². The summed E-state index contributed by atoms with van der Waals surface area (Å²) < 4.78 is 0. The molecule has 4 N–H and O–H groups in total. The highest BCUT2D eigenvalue weighted by Crippen LogP contribution is 2.34. The first-order valence-electron chi connectivity index (χ1n) is 7.34. The highest BCUT2D eigenvalue weighted by Gasteiger charge is 2.17. The molecule has 1 unspecified atom stereocenters. The third-order valence-corrected chi connectivity index (χ3v) is 4.06. The van der Waals surface area contributed by atoms with E-state index in [2.05, 4.69) is 39.0 Å². The SMILES string of the molecule is CCc1ccc(N)cc1C(C)c1c(N)cccc1CC. The third kappa shape index (κ3) is 2.64. The maximum Gasteiger partial charge on any atom is 0.0355 e. The number of nitrogens with two attached hydrogens (primary N) is 2. The van der Waals surface area contributed by atoms with E-state index in [4.69, 9.17) is 11.5 Å². The number of anilines is 2. The van der Waals surface area contributed by atoms with Crippen LogP contribution in [-0.2, 0) is 12.8 Å². The zero-order valence-electron chi connectivity index (χ0n) is 12.6. The second kappa shape index (κ2) is 6.00. The Kier molecular flexibility index (Phi) is 4.33. The predicted octanol–water partition coefficient (Wildman–Crippen LogP) is 4.13. The normalized spacial score (nSPS) is 12.3. The van der Waals surface area contributed by atoms with Gasteiger partial charge in [0.25, 0.3) is 0 Å². The molecule has 2 nitrogen and oxygen atoms in total. The van der Waals surface area contributed by atoms with Crippen LogP contribution in [0, 0.1) is 0 Å². The monoisotopic (exact) mass is 268 g/mol. The van der Waals surface area contributed by atoms with E-state index >= 15 is 0 Å². The van der Waals surface area contributed by atoms with E-state index < -0.39 is 0 Å². The number of hydrogen-bond acceptors (Lipinski definition) is 2. The molecule has 2 heteroatoms. The van der Waals surface area contributed by atoms with Gasteiger partial charge in [0.05, 0.1) is 0 Å². The Morgan fingerprint density at radius 2 is 1.65 bits per heavy atom. The molecule has 0 aliphatic heterocycles. The molecule has 0 spiro atoms. The van der Waals surface area contributed by atoms with Gasteiger partial charge >= 0.3 is 0 Å². The lowest BCUT2D eigenvalue weighted by Gasteiger charge is -2.21. The van der Waals surface area contributed by atoms with Crippen LogP contribution in [-0.4, -0.2) is 0 Å². The Bertz CT molecular complexity index is 602. The minimum atomic E-state index is 0.268. The Morgan fingerprint density at radius 1 is 0.950 bits per heavy atom. The van der Waals surface area contributed by atoms with E-state index in [-0.39, 0.29) is 5.92 Å². The van der Waals surface area contributed by atoms with Crippen molar-refractivity contribution in [3.63, 3.8) is 0 Å². The molecule has 20 heavy (non-hydrogen) atoms. The smallest absolute Gasteiger partial charge is 0.0355 e.